The second-order valence-electron chi connectivity index (χ2n) is 5.63. The average Bonchev–Trinajstić information content (AvgIpc) is 3.02. The minimum Gasteiger partial charge on any atom is -0.357 e. The predicted molar refractivity (Wildman–Crippen MR) is 102 cm³/mol. The number of rotatable bonds is 5. The van der Waals surface area contributed by atoms with E-state index in [0.717, 1.165) is 29.8 Å². The lowest BCUT2D eigenvalue weighted by molar-refractivity contribution is 0.766. The lowest BCUT2D eigenvalue weighted by Crippen LogP contribution is -2.39. The molecule has 1 saturated carbocycles. The molecular formula is C16H23IN6. The molecule has 0 radical (unpaired) electrons. The van der Waals surface area contributed by atoms with Crippen molar-refractivity contribution in [3.8, 4) is 5.82 Å². The maximum absolute atomic E-state index is 4.66. The second kappa shape index (κ2) is 8.28. The highest BCUT2D eigenvalue weighted by molar-refractivity contribution is 14.0. The molecule has 2 aromatic heterocycles. The number of pyridine rings is 1. The zero-order valence-electron chi connectivity index (χ0n) is 13.4. The number of guanidine groups is 1. The summed E-state index contributed by atoms with van der Waals surface area (Å²) in [5.74, 6) is 2.44. The van der Waals surface area contributed by atoms with Crippen molar-refractivity contribution in [2.24, 2.45) is 10.9 Å². The van der Waals surface area contributed by atoms with Crippen molar-refractivity contribution in [2.45, 2.75) is 32.9 Å². The minimum atomic E-state index is 0. The van der Waals surface area contributed by atoms with Crippen LogP contribution in [0.3, 0.4) is 0 Å². The first kappa shape index (κ1) is 17.7. The third-order valence-corrected chi connectivity index (χ3v) is 3.74. The van der Waals surface area contributed by atoms with E-state index in [2.05, 4.69) is 39.6 Å². The van der Waals surface area contributed by atoms with Gasteiger partial charge in [0.25, 0.3) is 0 Å². The van der Waals surface area contributed by atoms with Gasteiger partial charge in [0.2, 0.25) is 0 Å². The molecule has 3 rings (SSSR count). The zero-order valence-corrected chi connectivity index (χ0v) is 15.8. The van der Waals surface area contributed by atoms with Gasteiger partial charge in [0, 0.05) is 31.2 Å². The van der Waals surface area contributed by atoms with Crippen LogP contribution < -0.4 is 10.6 Å². The average molecular weight is 426 g/mol. The summed E-state index contributed by atoms with van der Waals surface area (Å²) < 4.78 is 1.75. The van der Waals surface area contributed by atoms with Gasteiger partial charge < -0.3 is 10.6 Å². The summed E-state index contributed by atoms with van der Waals surface area (Å²) in [5, 5.41) is 11.0. The standard InChI is InChI=1S/C16H22N6.HI/c1-3-17-16(21-14-9-12(14)2)19-11-13-5-7-18-15(10-13)22-8-4-6-20-22;/h4-8,10,12,14H,3,9,11H2,1-2H3,(H2,17,19,21);1H. The number of hydrogen-bond acceptors (Lipinski definition) is 3. The Hall–Kier alpha value is -1.64. The van der Waals surface area contributed by atoms with Crippen molar-refractivity contribution < 1.29 is 0 Å². The van der Waals surface area contributed by atoms with Crippen molar-refractivity contribution >= 4 is 29.9 Å². The Morgan fingerprint density at radius 3 is 2.91 bits per heavy atom. The van der Waals surface area contributed by atoms with E-state index in [1.807, 2.05) is 24.4 Å². The van der Waals surface area contributed by atoms with Crippen LogP contribution in [0.1, 0.15) is 25.8 Å². The van der Waals surface area contributed by atoms with Crippen LogP contribution in [-0.4, -0.2) is 33.3 Å². The van der Waals surface area contributed by atoms with Crippen LogP contribution in [0.25, 0.3) is 5.82 Å². The van der Waals surface area contributed by atoms with E-state index in [-0.39, 0.29) is 24.0 Å². The highest BCUT2D eigenvalue weighted by Crippen LogP contribution is 2.28. The monoisotopic (exact) mass is 426 g/mol. The van der Waals surface area contributed by atoms with E-state index in [4.69, 9.17) is 0 Å². The first-order valence-corrected chi connectivity index (χ1v) is 7.76. The third kappa shape index (κ3) is 4.92. The lowest BCUT2D eigenvalue weighted by Gasteiger charge is -2.11. The second-order valence-corrected chi connectivity index (χ2v) is 5.63. The SMILES string of the molecule is CCNC(=NCc1ccnc(-n2cccn2)c1)NC1CC1C.I. The van der Waals surface area contributed by atoms with Crippen LogP contribution in [0.5, 0.6) is 0 Å². The highest BCUT2D eigenvalue weighted by atomic mass is 127. The van der Waals surface area contributed by atoms with E-state index in [1.54, 1.807) is 17.1 Å². The van der Waals surface area contributed by atoms with Crippen molar-refractivity contribution in [1.29, 1.82) is 0 Å². The molecule has 1 fully saturated rings. The first-order valence-electron chi connectivity index (χ1n) is 7.76. The summed E-state index contributed by atoms with van der Waals surface area (Å²) in [6, 6.07) is 6.45. The molecule has 0 aromatic carbocycles. The lowest BCUT2D eigenvalue weighted by atomic mass is 10.2. The summed E-state index contributed by atoms with van der Waals surface area (Å²) in [5.41, 5.74) is 1.11. The maximum atomic E-state index is 4.66. The molecule has 2 N–H and O–H groups in total. The third-order valence-electron chi connectivity index (χ3n) is 3.74. The van der Waals surface area contributed by atoms with Crippen molar-refractivity contribution in [1.82, 2.24) is 25.4 Å². The molecule has 0 bridgehead atoms. The van der Waals surface area contributed by atoms with Gasteiger partial charge in [0.1, 0.15) is 0 Å². The molecule has 2 heterocycles. The van der Waals surface area contributed by atoms with Crippen molar-refractivity contribution in [2.75, 3.05) is 6.54 Å². The molecule has 2 unspecified atom stereocenters. The summed E-state index contributed by atoms with van der Waals surface area (Å²) in [7, 11) is 0. The number of aromatic nitrogens is 3. The van der Waals surface area contributed by atoms with Gasteiger partial charge in [-0.3, -0.25) is 0 Å². The molecule has 124 valence electrons. The fourth-order valence-electron chi connectivity index (χ4n) is 2.28. The Morgan fingerprint density at radius 1 is 1.43 bits per heavy atom. The molecule has 23 heavy (non-hydrogen) atoms. The molecule has 2 aromatic rings. The van der Waals surface area contributed by atoms with Gasteiger partial charge in [0.05, 0.1) is 6.54 Å². The fraction of sp³-hybridized carbons (Fsp3) is 0.438. The number of nitrogens with zero attached hydrogens (tertiary/aromatic N) is 4. The highest BCUT2D eigenvalue weighted by Gasteiger charge is 2.33. The van der Waals surface area contributed by atoms with E-state index in [0.29, 0.717) is 12.6 Å². The number of nitrogens with one attached hydrogen (secondary N) is 2. The van der Waals surface area contributed by atoms with Crippen LogP contribution in [0.15, 0.2) is 41.8 Å². The van der Waals surface area contributed by atoms with Crippen LogP contribution in [0, 0.1) is 5.92 Å². The van der Waals surface area contributed by atoms with Gasteiger partial charge in [-0.25, -0.2) is 14.7 Å². The number of hydrogen-bond donors (Lipinski definition) is 2. The smallest absolute Gasteiger partial charge is 0.191 e. The Morgan fingerprint density at radius 2 is 2.26 bits per heavy atom. The van der Waals surface area contributed by atoms with Crippen molar-refractivity contribution in [3.05, 3.63) is 42.4 Å². The van der Waals surface area contributed by atoms with E-state index in [1.165, 1.54) is 6.42 Å². The molecule has 0 aliphatic heterocycles. The Bertz CT molecular complexity index is 640. The maximum Gasteiger partial charge on any atom is 0.191 e. The fourth-order valence-corrected chi connectivity index (χ4v) is 2.28. The summed E-state index contributed by atoms with van der Waals surface area (Å²) in [6.07, 6.45) is 6.65. The summed E-state index contributed by atoms with van der Waals surface area (Å²) >= 11 is 0. The largest absolute Gasteiger partial charge is 0.357 e. The molecule has 1 aliphatic carbocycles. The van der Waals surface area contributed by atoms with Crippen LogP contribution in [-0.2, 0) is 6.54 Å². The minimum absolute atomic E-state index is 0. The van der Waals surface area contributed by atoms with Gasteiger partial charge in [-0.15, -0.1) is 24.0 Å². The van der Waals surface area contributed by atoms with Gasteiger partial charge in [-0.1, -0.05) is 6.92 Å². The van der Waals surface area contributed by atoms with E-state index < -0.39 is 0 Å². The molecule has 2 atom stereocenters. The Balaban J connectivity index is 0.00000192. The van der Waals surface area contributed by atoms with Gasteiger partial charge in [-0.2, -0.15) is 5.10 Å². The van der Waals surface area contributed by atoms with Crippen LogP contribution in [0.4, 0.5) is 0 Å². The molecule has 0 saturated heterocycles. The molecule has 0 spiro atoms. The Labute approximate surface area is 153 Å². The molecule has 6 nitrogen and oxygen atoms in total. The van der Waals surface area contributed by atoms with E-state index in [9.17, 15) is 0 Å². The zero-order chi connectivity index (χ0) is 15.4. The topological polar surface area (TPSA) is 67.1 Å². The van der Waals surface area contributed by atoms with Gasteiger partial charge in [-0.05, 0) is 43.0 Å². The predicted octanol–water partition coefficient (Wildman–Crippen LogP) is 2.35. The van der Waals surface area contributed by atoms with Crippen LogP contribution >= 0.6 is 24.0 Å². The van der Waals surface area contributed by atoms with Crippen LogP contribution in [0.2, 0.25) is 0 Å². The first-order chi connectivity index (χ1) is 10.8. The quantitative estimate of drug-likeness (QED) is 0.438. The van der Waals surface area contributed by atoms with Gasteiger partial charge >= 0.3 is 0 Å². The molecule has 1 aliphatic rings. The van der Waals surface area contributed by atoms with Gasteiger partial charge in [0.15, 0.2) is 11.8 Å². The number of aliphatic imine (C=N–C) groups is 1. The molecule has 0 amide bonds. The summed E-state index contributed by atoms with van der Waals surface area (Å²) in [6.45, 7) is 5.81. The summed E-state index contributed by atoms with van der Waals surface area (Å²) in [4.78, 5) is 8.99. The van der Waals surface area contributed by atoms with E-state index >= 15 is 0 Å². The normalized spacial score (nSPS) is 19.8. The number of halogens is 1. The molecule has 7 heteroatoms. The molecular weight excluding hydrogens is 403 g/mol. The Kier molecular flexibility index (Phi) is 6.37. The van der Waals surface area contributed by atoms with Crippen molar-refractivity contribution in [3.63, 3.8) is 0 Å².